The van der Waals surface area contributed by atoms with Crippen LogP contribution in [0.15, 0.2) is 52.7 Å². The van der Waals surface area contributed by atoms with Crippen molar-refractivity contribution in [2.24, 2.45) is 0 Å². The Morgan fingerprint density at radius 2 is 1.86 bits per heavy atom. The van der Waals surface area contributed by atoms with Gasteiger partial charge in [0.15, 0.2) is 0 Å². The zero-order valence-corrected chi connectivity index (χ0v) is 14.0. The Morgan fingerprint density at radius 1 is 1.10 bits per heavy atom. The van der Waals surface area contributed by atoms with E-state index in [2.05, 4.69) is 63.3 Å². The summed E-state index contributed by atoms with van der Waals surface area (Å²) in [5.41, 5.74) is 3.89. The topological polar surface area (TPSA) is 16.1 Å². The number of allylic oxidation sites excluding steroid dienone is 3. The molecule has 4 heteroatoms. The molecule has 2 aromatic rings. The molecule has 2 heterocycles. The Bertz CT molecular complexity index is 702. The third kappa shape index (κ3) is 2.58. The number of nitrogens with zero attached hydrogens (tertiary/aromatic N) is 2. The number of benzene rings is 1. The van der Waals surface area contributed by atoms with Crippen molar-refractivity contribution in [3.8, 4) is 10.6 Å². The van der Waals surface area contributed by atoms with E-state index >= 15 is 0 Å². The van der Waals surface area contributed by atoms with Crippen molar-refractivity contribution in [2.75, 3.05) is 13.1 Å². The van der Waals surface area contributed by atoms with Crippen LogP contribution in [0.25, 0.3) is 10.6 Å². The molecule has 0 bridgehead atoms. The van der Waals surface area contributed by atoms with Gasteiger partial charge in [0.1, 0.15) is 5.01 Å². The molecule has 1 aromatic heterocycles. The van der Waals surface area contributed by atoms with Crippen LogP contribution in [0.3, 0.4) is 0 Å². The van der Waals surface area contributed by atoms with Crippen LogP contribution in [-0.2, 0) is 12.8 Å². The summed E-state index contributed by atoms with van der Waals surface area (Å²) in [6, 6.07) is 8.44. The number of halogens is 1. The van der Waals surface area contributed by atoms with Crippen molar-refractivity contribution in [2.45, 2.75) is 12.8 Å². The van der Waals surface area contributed by atoms with Crippen LogP contribution in [0.1, 0.15) is 10.6 Å². The molecular weight excluding hydrogens is 344 g/mol. The molecule has 0 atom stereocenters. The van der Waals surface area contributed by atoms with Crippen LogP contribution in [0, 0.1) is 0 Å². The van der Waals surface area contributed by atoms with E-state index in [-0.39, 0.29) is 0 Å². The van der Waals surface area contributed by atoms with Crippen molar-refractivity contribution < 1.29 is 0 Å². The molecule has 1 aliphatic heterocycles. The second-order valence-electron chi connectivity index (χ2n) is 5.33. The highest BCUT2D eigenvalue weighted by molar-refractivity contribution is 9.10. The van der Waals surface area contributed by atoms with E-state index in [1.54, 1.807) is 0 Å². The first-order chi connectivity index (χ1) is 10.3. The van der Waals surface area contributed by atoms with Gasteiger partial charge in [-0.1, -0.05) is 34.1 Å². The van der Waals surface area contributed by atoms with Gasteiger partial charge in [0.2, 0.25) is 0 Å². The summed E-state index contributed by atoms with van der Waals surface area (Å²) >= 11 is 5.34. The Labute approximate surface area is 137 Å². The summed E-state index contributed by atoms with van der Waals surface area (Å²) in [5, 5.41) is 1.16. The fourth-order valence-corrected chi connectivity index (χ4v) is 4.10. The molecule has 0 unspecified atom stereocenters. The minimum absolute atomic E-state index is 1.05. The van der Waals surface area contributed by atoms with Gasteiger partial charge in [-0.2, -0.15) is 0 Å². The zero-order chi connectivity index (χ0) is 14.2. The van der Waals surface area contributed by atoms with E-state index in [1.807, 2.05) is 11.3 Å². The lowest BCUT2D eigenvalue weighted by Crippen LogP contribution is -2.26. The molecule has 0 spiro atoms. The SMILES string of the molecule is Brc1ccc(-c2nc3c(s2)CCN(C2=CC=C2)CC3)cc1. The highest BCUT2D eigenvalue weighted by Crippen LogP contribution is 2.31. The van der Waals surface area contributed by atoms with E-state index in [9.17, 15) is 0 Å². The maximum absolute atomic E-state index is 4.89. The summed E-state index contributed by atoms with van der Waals surface area (Å²) < 4.78 is 1.11. The van der Waals surface area contributed by atoms with Gasteiger partial charge in [-0.3, -0.25) is 0 Å². The molecule has 106 valence electrons. The first-order valence-corrected chi connectivity index (χ1v) is 8.78. The molecule has 0 radical (unpaired) electrons. The van der Waals surface area contributed by atoms with Gasteiger partial charge >= 0.3 is 0 Å². The van der Waals surface area contributed by atoms with Gasteiger partial charge in [-0.05, 0) is 24.3 Å². The minimum Gasteiger partial charge on any atom is -0.371 e. The average molecular weight is 359 g/mol. The second kappa shape index (κ2) is 5.43. The second-order valence-corrected chi connectivity index (χ2v) is 7.33. The highest BCUT2D eigenvalue weighted by atomic mass is 79.9. The molecule has 2 aliphatic rings. The normalized spacial score (nSPS) is 17.0. The number of aromatic nitrogens is 1. The minimum atomic E-state index is 1.05. The van der Waals surface area contributed by atoms with Gasteiger partial charge in [0, 0.05) is 46.5 Å². The largest absolute Gasteiger partial charge is 0.371 e. The van der Waals surface area contributed by atoms with Crippen LogP contribution in [0.5, 0.6) is 0 Å². The van der Waals surface area contributed by atoms with Gasteiger partial charge in [-0.25, -0.2) is 4.98 Å². The lowest BCUT2D eigenvalue weighted by Gasteiger charge is -2.26. The van der Waals surface area contributed by atoms with E-state index in [4.69, 9.17) is 4.98 Å². The molecule has 4 rings (SSSR count). The number of fused-ring (bicyclic) bond motifs is 1. The molecule has 21 heavy (non-hydrogen) atoms. The van der Waals surface area contributed by atoms with Crippen LogP contribution in [0.4, 0.5) is 0 Å². The van der Waals surface area contributed by atoms with Gasteiger partial charge in [0.05, 0.1) is 5.69 Å². The Hall–Kier alpha value is -1.39. The van der Waals surface area contributed by atoms with Gasteiger partial charge in [-0.15, -0.1) is 11.3 Å². The number of hydrogen-bond acceptors (Lipinski definition) is 3. The van der Waals surface area contributed by atoms with E-state index in [0.29, 0.717) is 0 Å². The van der Waals surface area contributed by atoms with Crippen LogP contribution >= 0.6 is 27.3 Å². The smallest absolute Gasteiger partial charge is 0.123 e. The number of thiazole rings is 1. The third-order valence-electron chi connectivity index (χ3n) is 4.00. The lowest BCUT2D eigenvalue weighted by molar-refractivity contribution is 0.369. The van der Waals surface area contributed by atoms with Crippen molar-refractivity contribution in [1.82, 2.24) is 9.88 Å². The summed E-state index contributed by atoms with van der Waals surface area (Å²) in [6.45, 7) is 2.18. The van der Waals surface area contributed by atoms with Crippen molar-refractivity contribution in [3.63, 3.8) is 0 Å². The Kier molecular flexibility index (Phi) is 3.43. The van der Waals surface area contributed by atoms with Gasteiger partial charge in [0.25, 0.3) is 0 Å². The summed E-state index contributed by atoms with van der Waals surface area (Å²) in [4.78, 5) is 8.81. The van der Waals surface area contributed by atoms with Crippen molar-refractivity contribution in [3.05, 3.63) is 63.2 Å². The average Bonchev–Trinajstić information content (AvgIpc) is 2.75. The molecule has 0 saturated heterocycles. The van der Waals surface area contributed by atoms with Crippen LogP contribution in [0.2, 0.25) is 0 Å². The Balaban J connectivity index is 1.56. The standard InChI is InChI=1S/C17H15BrN2S/c18-13-6-4-12(5-7-13)17-19-15-8-10-20(14-2-1-3-14)11-9-16(15)21-17/h1-7H,8-11H2. The molecule has 2 nitrogen and oxygen atoms in total. The predicted octanol–water partition coefficient (Wildman–Crippen LogP) is 4.43. The lowest BCUT2D eigenvalue weighted by atomic mass is 10.2. The maximum atomic E-state index is 4.89. The Morgan fingerprint density at radius 3 is 2.57 bits per heavy atom. The quantitative estimate of drug-likeness (QED) is 0.789. The summed E-state index contributed by atoms with van der Waals surface area (Å²) in [5.74, 6) is 0. The molecule has 0 amide bonds. The van der Waals surface area contributed by atoms with Gasteiger partial charge < -0.3 is 4.90 Å². The monoisotopic (exact) mass is 358 g/mol. The van der Waals surface area contributed by atoms with E-state index < -0.39 is 0 Å². The molecular formula is C17H15BrN2S. The maximum Gasteiger partial charge on any atom is 0.123 e. The fraction of sp³-hybridized carbons (Fsp3) is 0.235. The summed E-state index contributed by atoms with van der Waals surface area (Å²) in [7, 11) is 0. The molecule has 0 fully saturated rings. The highest BCUT2D eigenvalue weighted by Gasteiger charge is 2.20. The van der Waals surface area contributed by atoms with Crippen LogP contribution < -0.4 is 0 Å². The molecule has 1 aliphatic carbocycles. The number of rotatable bonds is 2. The first kappa shape index (κ1) is 13.3. The zero-order valence-electron chi connectivity index (χ0n) is 11.6. The van der Waals surface area contributed by atoms with Crippen molar-refractivity contribution in [1.29, 1.82) is 0 Å². The first-order valence-electron chi connectivity index (χ1n) is 7.17. The fourth-order valence-electron chi connectivity index (χ4n) is 2.73. The molecule has 0 saturated carbocycles. The molecule has 0 N–H and O–H groups in total. The van der Waals surface area contributed by atoms with Crippen molar-refractivity contribution >= 4 is 27.3 Å². The van der Waals surface area contributed by atoms with E-state index in [0.717, 1.165) is 35.4 Å². The number of hydrogen-bond donors (Lipinski definition) is 0. The predicted molar refractivity (Wildman–Crippen MR) is 91.5 cm³/mol. The van der Waals surface area contributed by atoms with Crippen LogP contribution in [-0.4, -0.2) is 23.0 Å². The summed E-state index contributed by atoms with van der Waals surface area (Å²) in [6.07, 6.45) is 8.66. The van der Waals surface area contributed by atoms with E-state index in [1.165, 1.54) is 21.8 Å². The molecule has 1 aromatic carbocycles. The third-order valence-corrected chi connectivity index (χ3v) is 5.73.